The molecular formula is C12H11ClN4O2. The summed E-state index contributed by atoms with van der Waals surface area (Å²) in [6.45, 7) is -0.132. The highest BCUT2D eigenvalue weighted by atomic mass is 35.5. The van der Waals surface area contributed by atoms with E-state index in [0.29, 0.717) is 16.4 Å². The smallest absolute Gasteiger partial charge is 0.347 e. The van der Waals surface area contributed by atoms with Gasteiger partial charge < -0.3 is 11.1 Å². The van der Waals surface area contributed by atoms with Gasteiger partial charge in [-0.15, -0.1) is 0 Å². The van der Waals surface area contributed by atoms with Gasteiger partial charge in [0.2, 0.25) is 5.91 Å². The van der Waals surface area contributed by atoms with E-state index in [1.807, 2.05) is 0 Å². The van der Waals surface area contributed by atoms with Crippen molar-refractivity contribution in [3.63, 3.8) is 0 Å². The highest BCUT2D eigenvalue weighted by Crippen LogP contribution is 2.23. The van der Waals surface area contributed by atoms with Crippen molar-refractivity contribution in [3.05, 3.63) is 52.2 Å². The van der Waals surface area contributed by atoms with Crippen molar-refractivity contribution >= 4 is 28.9 Å². The molecule has 0 unspecified atom stereocenters. The van der Waals surface area contributed by atoms with Gasteiger partial charge in [-0.3, -0.25) is 9.36 Å². The van der Waals surface area contributed by atoms with Crippen LogP contribution in [0.2, 0.25) is 5.02 Å². The van der Waals surface area contributed by atoms with Gasteiger partial charge in [0.15, 0.2) is 0 Å². The van der Waals surface area contributed by atoms with Crippen molar-refractivity contribution < 1.29 is 4.79 Å². The van der Waals surface area contributed by atoms with Crippen LogP contribution in [0.25, 0.3) is 0 Å². The number of rotatable bonds is 3. The molecule has 2 aromatic rings. The van der Waals surface area contributed by atoms with Crippen LogP contribution < -0.4 is 16.7 Å². The summed E-state index contributed by atoms with van der Waals surface area (Å²) in [7, 11) is 0. The lowest BCUT2D eigenvalue weighted by Gasteiger charge is -2.08. The largest absolute Gasteiger partial charge is 0.399 e. The second-order valence-corrected chi connectivity index (χ2v) is 4.22. The predicted molar refractivity (Wildman–Crippen MR) is 73.0 cm³/mol. The van der Waals surface area contributed by atoms with E-state index in [-0.39, 0.29) is 12.5 Å². The first-order chi connectivity index (χ1) is 9.06. The number of nitrogens with one attached hydrogen (secondary N) is 1. The number of nitrogens with two attached hydrogens (primary N) is 1. The minimum atomic E-state index is -0.485. The Morgan fingerprint density at radius 1 is 1.47 bits per heavy atom. The molecule has 0 radical (unpaired) electrons. The first-order valence-electron chi connectivity index (χ1n) is 5.42. The van der Waals surface area contributed by atoms with Gasteiger partial charge in [0.1, 0.15) is 6.54 Å². The van der Waals surface area contributed by atoms with Gasteiger partial charge >= 0.3 is 5.69 Å². The average Bonchev–Trinajstić information content (AvgIpc) is 2.36. The van der Waals surface area contributed by atoms with Crippen LogP contribution in [0.5, 0.6) is 0 Å². The third kappa shape index (κ3) is 3.32. The summed E-state index contributed by atoms with van der Waals surface area (Å²) in [5.74, 6) is -0.373. The van der Waals surface area contributed by atoms with Crippen molar-refractivity contribution in [3.8, 4) is 0 Å². The number of hydrogen-bond acceptors (Lipinski definition) is 4. The van der Waals surface area contributed by atoms with E-state index in [1.54, 1.807) is 18.2 Å². The van der Waals surface area contributed by atoms with Crippen LogP contribution in [0.1, 0.15) is 0 Å². The number of carbonyl (C=O) groups is 1. The van der Waals surface area contributed by atoms with E-state index in [4.69, 9.17) is 17.3 Å². The van der Waals surface area contributed by atoms with Crippen LogP contribution in [0.4, 0.5) is 11.4 Å². The fourth-order valence-electron chi connectivity index (χ4n) is 1.48. The molecule has 2 rings (SSSR count). The van der Waals surface area contributed by atoms with Crippen LogP contribution in [0.3, 0.4) is 0 Å². The Labute approximate surface area is 113 Å². The lowest BCUT2D eigenvalue weighted by atomic mass is 10.3. The molecule has 0 saturated heterocycles. The third-order valence-corrected chi connectivity index (χ3v) is 2.68. The number of nitrogens with zero attached hydrogens (tertiary/aromatic N) is 2. The molecule has 1 aromatic carbocycles. The van der Waals surface area contributed by atoms with Gasteiger partial charge in [-0.05, 0) is 24.3 Å². The van der Waals surface area contributed by atoms with Gasteiger partial charge in [0.25, 0.3) is 0 Å². The maximum absolute atomic E-state index is 11.8. The quantitative estimate of drug-likeness (QED) is 0.823. The zero-order valence-corrected chi connectivity index (χ0v) is 10.6. The fraction of sp³-hybridized carbons (Fsp3) is 0.0833. The molecule has 98 valence electrons. The number of nitrogen functional groups attached to an aromatic ring is 1. The summed E-state index contributed by atoms with van der Waals surface area (Å²) >= 11 is 5.93. The number of halogens is 1. The molecule has 19 heavy (non-hydrogen) atoms. The van der Waals surface area contributed by atoms with Gasteiger partial charge in [-0.2, -0.15) is 0 Å². The highest BCUT2D eigenvalue weighted by molar-refractivity contribution is 6.34. The number of amides is 1. The topological polar surface area (TPSA) is 90.0 Å². The Morgan fingerprint density at radius 2 is 2.26 bits per heavy atom. The molecule has 1 aromatic heterocycles. The molecule has 0 spiro atoms. The van der Waals surface area contributed by atoms with Crippen LogP contribution in [0.15, 0.2) is 41.5 Å². The zero-order chi connectivity index (χ0) is 13.8. The summed E-state index contributed by atoms with van der Waals surface area (Å²) in [6, 6.07) is 6.33. The molecule has 0 saturated carbocycles. The van der Waals surface area contributed by atoms with Crippen LogP contribution in [0, 0.1) is 0 Å². The molecular weight excluding hydrogens is 268 g/mol. The minimum absolute atomic E-state index is 0.132. The standard InChI is InChI=1S/C12H11ClN4O2/c13-9-6-8(14)2-3-10(9)16-11(18)7-17-5-1-4-15-12(17)19/h1-6H,7,14H2,(H,16,18). The number of aromatic nitrogens is 2. The Bertz CT molecular complexity index is 669. The van der Waals surface area contributed by atoms with Gasteiger partial charge in [-0.1, -0.05) is 11.6 Å². The van der Waals surface area contributed by atoms with E-state index in [2.05, 4.69) is 10.3 Å². The number of carbonyl (C=O) groups excluding carboxylic acids is 1. The Balaban J connectivity index is 2.10. The van der Waals surface area contributed by atoms with Gasteiger partial charge in [0, 0.05) is 18.1 Å². The molecule has 0 atom stereocenters. The molecule has 0 fully saturated rings. The van der Waals surface area contributed by atoms with E-state index in [1.165, 1.54) is 23.0 Å². The van der Waals surface area contributed by atoms with Crippen molar-refractivity contribution in [2.24, 2.45) is 0 Å². The third-order valence-electron chi connectivity index (χ3n) is 2.36. The number of hydrogen-bond donors (Lipinski definition) is 2. The van der Waals surface area contributed by atoms with Crippen LogP contribution in [-0.2, 0) is 11.3 Å². The average molecular weight is 279 g/mol. The van der Waals surface area contributed by atoms with E-state index in [0.717, 1.165) is 0 Å². The molecule has 0 aliphatic heterocycles. The maximum Gasteiger partial charge on any atom is 0.347 e. The second kappa shape index (κ2) is 5.53. The van der Waals surface area contributed by atoms with Gasteiger partial charge in [0.05, 0.1) is 10.7 Å². The molecule has 1 heterocycles. The lowest BCUT2D eigenvalue weighted by Crippen LogP contribution is -2.28. The normalized spacial score (nSPS) is 10.2. The molecule has 7 heteroatoms. The molecule has 0 aliphatic rings. The molecule has 6 nitrogen and oxygen atoms in total. The van der Waals surface area contributed by atoms with E-state index < -0.39 is 5.69 Å². The van der Waals surface area contributed by atoms with Crippen LogP contribution in [-0.4, -0.2) is 15.5 Å². The number of benzene rings is 1. The van der Waals surface area contributed by atoms with E-state index in [9.17, 15) is 9.59 Å². The lowest BCUT2D eigenvalue weighted by molar-refractivity contribution is -0.116. The molecule has 0 aliphatic carbocycles. The second-order valence-electron chi connectivity index (χ2n) is 3.82. The molecule has 1 amide bonds. The zero-order valence-electron chi connectivity index (χ0n) is 9.84. The van der Waals surface area contributed by atoms with Crippen molar-refractivity contribution in [2.75, 3.05) is 11.1 Å². The first-order valence-corrected chi connectivity index (χ1v) is 5.80. The summed E-state index contributed by atoms with van der Waals surface area (Å²) in [5, 5.41) is 2.94. The van der Waals surface area contributed by atoms with Crippen LogP contribution >= 0.6 is 11.6 Å². The highest BCUT2D eigenvalue weighted by Gasteiger charge is 2.07. The first kappa shape index (κ1) is 13.1. The summed E-state index contributed by atoms with van der Waals surface area (Å²) in [4.78, 5) is 26.7. The Kier molecular flexibility index (Phi) is 3.82. The fourth-order valence-corrected chi connectivity index (χ4v) is 1.72. The SMILES string of the molecule is Nc1ccc(NC(=O)Cn2cccnc2=O)c(Cl)c1. The number of anilines is 2. The van der Waals surface area contributed by atoms with Gasteiger partial charge in [-0.25, -0.2) is 9.78 Å². The molecule has 3 N–H and O–H groups in total. The van der Waals surface area contributed by atoms with Crippen molar-refractivity contribution in [1.29, 1.82) is 0 Å². The van der Waals surface area contributed by atoms with Crippen molar-refractivity contribution in [1.82, 2.24) is 9.55 Å². The maximum atomic E-state index is 11.8. The summed E-state index contributed by atoms with van der Waals surface area (Å²) in [6.07, 6.45) is 2.85. The Hall–Kier alpha value is -2.34. The minimum Gasteiger partial charge on any atom is -0.399 e. The monoisotopic (exact) mass is 278 g/mol. The van der Waals surface area contributed by atoms with E-state index >= 15 is 0 Å². The molecule has 0 bridgehead atoms. The Morgan fingerprint density at radius 3 is 2.95 bits per heavy atom. The van der Waals surface area contributed by atoms with Crippen molar-refractivity contribution in [2.45, 2.75) is 6.54 Å². The summed E-state index contributed by atoms with van der Waals surface area (Å²) in [5.41, 5.74) is 6.01. The summed E-state index contributed by atoms with van der Waals surface area (Å²) < 4.78 is 1.19. The predicted octanol–water partition coefficient (Wildman–Crippen LogP) is 1.12.